The first-order chi connectivity index (χ1) is 9.99. The molecule has 0 N–H and O–H groups in total. The van der Waals surface area contributed by atoms with Crippen molar-refractivity contribution in [3.63, 3.8) is 0 Å². The van der Waals surface area contributed by atoms with Gasteiger partial charge in [-0.1, -0.05) is 20.8 Å². The lowest BCUT2D eigenvalue weighted by Crippen LogP contribution is -1.97. The first-order valence-corrected chi connectivity index (χ1v) is 7.09. The summed E-state index contributed by atoms with van der Waals surface area (Å²) in [5.74, 6) is 0.848. The molecule has 0 fully saturated rings. The zero-order valence-corrected chi connectivity index (χ0v) is 13.4. The molecule has 0 atom stereocenters. The summed E-state index contributed by atoms with van der Waals surface area (Å²) in [6.07, 6.45) is 4.39. The lowest BCUT2D eigenvalue weighted by molar-refractivity contribution is 0.407. The fraction of sp³-hybridized carbons (Fsp3) is 0.412. The van der Waals surface area contributed by atoms with Gasteiger partial charge in [0.25, 0.3) is 0 Å². The second-order valence-electron chi connectivity index (χ2n) is 5.04. The summed E-state index contributed by atoms with van der Waals surface area (Å²) in [5.41, 5.74) is 2.44. The van der Waals surface area contributed by atoms with E-state index in [0.29, 0.717) is 5.69 Å². The van der Waals surface area contributed by atoms with Crippen LogP contribution in [0.25, 0.3) is 0 Å². The molecule has 2 aromatic heterocycles. The number of nitrogens with zero attached hydrogens (tertiary/aromatic N) is 2. The van der Waals surface area contributed by atoms with Crippen molar-refractivity contribution in [3.8, 4) is 5.75 Å². The molecule has 0 aliphatic carbocycles. The Hall–Kier alpha value is -1.97. The lowest BCUT2D eigenvalue weighted by Gasteiger charge is -2.05. The van der Waals surface area contributed by atoms with Gasteiger partial charge in [0, 0.05) is 12.4 Å². The van der Waals surface area contributed by atoms with Crippen LogP contribution in [0.2, 0.25) is 0 Å². The number of pyridine rings is 2. The minimum atomic E-state index is -0.194. The Labute approximate surface area is 126 Å². The molecule has 2 heterocycles. The van der Waals surface area contributed by atoms with Gasteiger partial charge in [0.2, 0.25) is 0 Å². The molecule has 0 aliphatic heterocycles. The van der Waals surface area contributed by atoms with Crippen LogP contribution in [0.15, 0.2) is 30.6 Å². The average Bonchev–Trinajstić information content (AvgIpc) is 2.47. The SMILES string of the molecule is CCc1ncccc1OC.Cc1cnc(C(C)C)c(F)c1. The standard InChI is InChI=1S/C9H12FN.C8H11NO/c1-6(2)9-8(10)4-7(3)5-11-9;1-3-7-8(10-2)5-4-6-9-7/h4-6H,1-3H3;4-6H,3H2,1-2H3. The minimum Gasteiger partial charge on any atom is -0.495 e. The number of hydrogen-bond acceptors (Lipinski definition) is 3. The van der Waals surface area contributed by atoms with Gasteiger partial charge >= 0.3 is 0 Å². The molecule has 0 bridgehead atoms. The highest BCUT2D eigenvalue weighted by atomic mass is 19.1. The quantitative estimate of drug-likeness (QED) is 0.845. The van der Waals surface area contributed by atoms with Crippen molar-refractivity contribution in [2.75, 3.05) is 7.11 Å². The molecular formula is C17H23FN2O. The van der Waals surface area contributed by atoms with E-state index in [9.17, 15) is 4.39 Å². The zero-order valence-electron chi connectivity index (χ0n) is 13.4. The molecule has 4 heteroatoms. The zero-order chi connectivity index (χ0) is 15.8. The van der Waals surface area contributed by atoms with Crippen LogP contribution in [0.4, 0.5) is 4.39 Å². The monoisotopic (exact) mass is 290 g/mol. The number of aryl methyl sites for hydroxylation is 2. The van der Waals surface area contributed by atoms with Crippen LogP contribution in [-0.2, 0) is 6.42 Å². The van der Waals surface area contributed by atoms with Gasteiger partial charge in [-0.25, -0.2) is 4.39 Å². The van der Waals surface area contributed by atoms with Gasteiger partial charge in [-0.05, 0) is 43.0 Å². The first kappa shape index (κ1) is 17.1. The summed E-state index contributed by atoms with van der Waals surface area (Å²) in [5, 5.41) is 0. The highest BCUT2D eigenvalue weighted by molar-refractivity contribution is 5.26. The van der Waals surface area contributed by atoms with Crippen molar-refractivity contribution in [2.24, 2.45) is 0 Å². The van der Waals surface area contributed by atoms with E-state index in [4.69, 9.17) is 4.74 Å². The van der Waals surface area contributed by atoms with Crippen LogP contribution >= 0.6 is 0 Å². The predicted molar refractivity (Wildman–Crippen MR) is 83.2 cm³/mol. The molecule has 0 aliphatic rings. The average molecular weight is 290 g/mol. The fourth-order valence-electron chi connectivity index (χ4n) is 1.84. The van der Waals surface area contributed by atoms with E-state index in [2.05, 4.69) is 16.9 Å². The Bertz CT molecular complexity index is 547. The minimum absolute atomic E-state index is 0.163. The molecule has 0 unspecified atom stereocenters. The van der Waals surface area contributed by atoms with Crippen LogP contribution in [0.5, 0.6) is 5.75 Å². The fourth-order valence-corrected chi connectivity index (χ4v) is 1.84. The van der Waals surface area contributed by atoms with Crippen LogP contribution in [0, 0.1) is 12.7 Å². The largest absolute Gasteiger partial charge is 0.495 e. The maximum atomic E-state index is 13.0. The molecular weight excluding hydrogens is 267 g/mol. The Morgan fingerprint density at radius 2 is 2.00 bits per heavy atom. The van der Waals surface area contributed by atoms with Crippen molar-refractivity contribution in [2.45, 2.75) is 40.0 Å². The van der Waals surface area contributed by atoms with Gasteiger partial charge in [-0.3, -0.25) is 9.97 Å². The van der Waals surface area contributed by atoms with E-state index >= 15 is 0 Å². The number of methoxy groups -OCH3 is 1. The number of rotatable bonds is 3. The Balaban J connectivity index is 0.000000211. The highest BCUT2D eigenvalue weighted by Crippen LogP contribution is 2.15. The van der Waals surface area contributed by atoms with Crippen LogP contribution in [0.3, 0.4) is 0 Å². The molecule has 0 aromatic carbocycles. The molecule has 2 rings (SSSR count). The molecule has 21 heavy (non-hydrogen) atoms. The second kappa shape index (κ2) is 8.35. The van der Waals surface area contributed by atoms with E-state index in [1.54, 1.807) is 19.5 Å². The number of ether oxygens (including phenoxy) is 1. The summed E-state index contributed by atoms with van der Waals surface area (Å²) < 4.78 is 18.1. The van der Waals surface area contributed by atoms with Gasteiger partial charge in [0.15, 0.2) is 0 Å². The van der Waals surface area contributed by atoms with E-state index < -0.39 is 0 Å². The molecule has 0 saturated heterocycles. The van der Waals surface area contributed by atoms with Gasteiger partial charge in [0.05, 0.1) is 18.5 Å². The van der Waals surface area contributed by atoms with E-state index in [-0.39, 0.29) is 11.7 Å². The van der Waals surface area contributed by atoms with E-state index in [1.807, 2.05) is 32.9 Å². The molecule has 0 amide bonds. The van der Waals surface area contributed by atoms with Crippen LogP contribution < -0.4 is 4.74 Å². The summed E-state index contributed by atoms with van der Waals surface area (Å²) >= 11 is 0. The number of aromatic nitrogens is 2. The van der Waals surface area contributed by atoms with Gasteiger partial charge in [-0.15, -0.1) is 0 Å². The molecule has 0 radical (unpaired) electrons. The maximum Gasteiger partial charge on any atom is 0.145 e. The number of hydrogen-bond donors (Lipinski definition) is 0. The summed E-state index contributed by atoms with van der Waals surface area (Å²) in [6, 6.07) is 5.31. The Kier molecular flexibility index (Phi) is 6.79. The molecule has 2 aromatic rings. The topological polar surface area (TPSA) is 35.0 Å². The van der Waals surface area contributed by atoms with Crippen molar-refractivity contribution in [1.29, 1.82) is 0 Å². The highest BCUT2D eigenvalue weighted by Gasteiger charge is 2.06. The normalized spacial score (nSPS) is 10.0. The maximum absolute atomic E-state index is 13.0. The first-order valence-electron chi connectivity index (χ1n) is 7.09. The molecule has 0 saturated carbocycles. The van der Waals surface area contributed by atoms with E-state index in [0.717, 1.165) is 23.4 Å². The van der Waals surface area contributed by atoms with Crippen LogP contribution in [0.1, 0.15) is 43.6 Å². The Morgan fingerprint density at radius 1 is 1.29 bits per heavy atom. The second-order valence-corrected chi connectivity index (χ2v) is 5.04. The predicted octanol–water partition coefficient (Wildman–Crippen LogP) is 4.31. The van der Waals surface area contributed by atoms with E-state index in [1.165, 1.54) is 6.07 Å². The van der Waals surface area contributed by atoms with Crippen LogP contribution in [-0.4, -0.2) is 17.1 Å². The van der Waals surface area contributed by atoms with Crippen molar-refractivity contribution < 1.29 is 9.13 Å². The lowest BCUT2D eigenvalue weighted by atomic mass is 10.1. The third-order valence-electron chi connectivity index (χ3n) is 2.96. The molecule has 3 nitrogen and oxygen atoms in total. The number of halogens is 1. The van der Waals surface area contributed by atoms with Gasteiger partial charge in [-0.2, -0.15) is 0 Å². The summed E-state index contributed by atoms with van der Waals surface area (Å²) in [6.45, 7) is 7.76. The Morgan fingerprint density at radius 3 is 2.48 bits per heavy atom. The molecule has 114 valence electrons. The molecule has 0 spiro atoms. The summed E-state index contributed by atoms with van der Waals surface area (Å²) in [7, 11) is 1.66. The van der Waals surface area contributed by atoms with Gasteiger partial charge in [0.1, 0.15) is 11.6 Å². The van der Waals surface area contributed by atoms with Crippen molar-refractivity contribution in [3.05, 3.63) is 53.4 Å². The van der Waals surface area contributed by atoms with Crippen molar-refractivity contribution in [1.82, 2.24) is 9.97 Å². The van der Waals surface area contributed by atoms with Gasteiger partial charge < -0.3 is 4.74 Å². The third-order valence-corrected chi connectivity index (χ3v) is 2.96. The smallest absolute Gasteiger partial charge is 0.145 e. The third kappa shape index (κ3) is 5.14. The summed E-state index contributed by atoms with van der Waals surface area (Å²) in [4.78, 5) is 8.15. The van der Waals surface area contributed by atoms with Crippen molar-refractivity contribution >= 4 is 0 Å².